The second kappa shape index (κ2) is 7.49. The Bertz CT molecular complexity index is 1470. The maximum absolute atomic E-state index is 6.04. The fraction of sp³-hybridized carbons (Fsp3) is 0.111. The van der Waals surface area contributed by atoms with Crippen LogP contribution in [0.5, 0.6) is 0 Å². The lowest BCUT2D eigenvalue weighted by Crippen LogP contribution is -1.99. The number of aromatic nitrogens is 3. The Morgan fingerprint density at radius 3 is 2.26 bits per heavy atom. The molecule has 0 atom stereocenters. The molecule has 31 heavy (non-hydrogen) atoms. The molecule has 5 aromatic carbocycles. The van der Waals surface area contributed by atoms with Crippen LogP contribution in [-0.4, -0.2) is 15.0 Å². The van der Waals surface area contributed by atoms with Gasteiger partial charge < -0.3 is 4.74 Å². The van der Waals surface area contributed by atoms with E-state index in [0.717, 1.165) is 5.69 Å². The molecular weight excluding hydrogens is 382 g/mol. The number of nitrogens with zero attached hydrogens (tertiary/aromatic N) is 3. The molecule has 0 aliphatic heterocycles. The monoisotopic (exact) mass is 403 g/mol. The smallest absolute Gasteiger partial charge is 0.108 e. The van der Waals surface area contributed by atoms with Crippen LogP contribution in [0.25, 0.3) is 32.3 Å². The molecule has 0 radical (unpaired) electrons. The minimum absolute atomic E-state index is 0.441. The summed E-state index contributed by atoms with van der Waals surface area (Å²) < 4.78 is 7.90. The molecule has 0 fully saturated rings. The van der Waals surface area contributed by atoms with Crippen LogP contribution in [0.3, 0.4) is 0 Å². The predicted molar refractivity (Wildman–Crippen MR) is 124 cm³/mol. The molecule has 6 rings (SSSR count). The molecule has 150 valence electrons. The van der Waals surface area contributed by atoms with Crippen molar-refractivity contribution in [1.29, 1.82) is 0 Å². The van der Waals surface area contributed by atoms with Crippen LogP contribution in [0, 0.1) is 0 Å². The average molecular weight is 403 g/mol. The zero-order valence-electron chi connectivity index (χ0n) is 17.0. The van der Waals surface area contributed by atoms with Crippen molar-refractivity contribution >= 4 is 32.3 Å². The molecule has 0 amide bonds. The fourth-order valence-corrected chi connectivity index (χ4v) is 4.44. The normalized spacial score (nSPS) is 11.7. The first-order valence-electron chi connectivity index (χ1n) is 10.5. The first kappa shape index (κ1) is 18.0. The van der Waals surface area contributed by atoms with Gasteiger partial charge >= 0.3 is 0 Å². The average Bonchev–Trinajstić information content (AvgIpc) is 3.26. The Morgan fingerprint density at radius 2 is 1.42 bits per heavy atom. The van der Waals surface area contributed by atoms with Crippen molar-refractivity contribution in [2.75, 3.05) is 0 Å². The summed E-state index contributed by atoms with van der Waals surface area (Å²) >= 11 is 0. The molecule has 0 bridgehead atoms. The van der Waals surface area contributed by atoms with Gasteiger partial charge in [-0.15, -0.1) is 5.10 Å². The van der Waals surface area contributed by atoms with Crippen LogP contribution in [0.1, 0.15) is 16.8 Å². The SMILES string of the molecule is c1ccc(Cn2cc(COCc3ccc4ccc5cccc6ccc3c4c56)nn2)cc1. The van der Waals surface area contributed by atoms with E-state index in [1.807, 2.05) is 29.1 Å². The number of rotatable bonds is 6. The van der Waals surface area contributed by atoms with Gasteiger partial charge in [-0.2, -0.15) is 0 Å². The maximum Gasteiger partial charge on any atom is 0.108 e. The summed E-state index contributed by atoms with van der Waals surface area (Å²) in [5, 5.41) is 16.2. The Hall–Kier alpha value is -3.76. The van der Waals surface area contributed by atoms with E-state index >= 15 is 0 Å². The molecule has 0 unspecified atom stereocenters. The van der Waals surface area contributed by atoms with E-state index in [2.05, 4.69) is 77.0 Å². The number of ether oxygens (including phenoxy) is 1. The highest BCUT2D eigenvalue weighted by Gasteiger charge is 2.11. The molecule has 0 N–H and O–H groups in total. The molecule has 4 nitrogen and oxygen atoms in total. The summed E-state index contributed by atoms with van der Waals surface area (Å²) in [5.74, 6) is 0. The Kier molecular flexibility index (Phi) is 4.36. The van der Waals surface area contributed by atoms with Crippen molar-refractivity contribution in [3.05, 3.63) is 108 Å². The van der Waals surface area contributed by atoms with E-state index in [0.29, 0.717) is 19.8 Å². The third-order valence-electron chi connectivity index (χ3n) is 5.90. The topological polar surface area (TPSA) is 39.9 Å². The van der Waals surface area contributed by atoms with Crippen LogP contribution < -0.4 is 0 Å². The van der Waals surface area contributed by atoms with Gasteiger partial charge in [0.2, 0.25) is 0 Å². The zero-order chi connectivity index (χ0) is 20.6. The first-order valence-corrected chi connectivity index (χ1v) is 10.5. The van der Waals surface area contributed by atoms with E-state index in [1.165, 1.54) is 43.4 Å². The standard InChI is InChI=1S/C27H21N3O/c1-2-5-19(6-3-1)15-30-16-24(28-29-30)18-31-17-23-12-11-22-10-9-20-7-4-8-21-13-14-25(23)27(22)26(20)21/h1-14,16H,15,17-18H2. The van der Waals surface area contributed by atoms with E-state index < -0.39 is 0 Å². The lowest BCUT2D eigenvalue weighted by Gasteiger charge is -2.13. The van der Waals surface area contributed by atoms with Gasteiger partial charge in [-0.3, -0.25) is 0 Å². The summed E-state index contributed by atoms with van der Waals surface area (Å²) in [4.78, 5) is 0. The molecule has 1 aromatic heterocycles. The van der Waals surface area contributed by atoms with Crippen LogP contribution >= 0.6 is 0 Å². The fourth-order valence-electron chi connectivity index (χ4n) is 4.44. The number of hydrogen-bond donors (Lipinski definition) is 0. The van der Waals surface area contributed by atoms with Crippen LogP contribution in [-0.2, 0) is 24.5 Å². The van der Waals surface area contributed by atoms with Gasteiger partial charge in [0.15, 0.2) is 0 Å². The highest BCUT2D eigenvalue weighted by Crippen LogP contribution is 2.36. The highest BCUT2D eigenvalue weighted by molar-refractivity contribution is 6.23. The largest absolute Gasteiger partial charge is 0.370 e. The minimum Gasteiger partial charge on any atom is -0.370 e. The Labute approximate surface area is 180 Å². The van der Waals surface area contributed by atoms with E-state index in [9.17, 15) is 0 Å². The summed E-state index contributed by atoms with van der Waals surface area (Å²) in [7, 11) is 0. The number of hydrogen-bond acceptors (Lipinski definition) is 3. The highest BCUT2D eigenvalue weighted by atomic mass is 16.5. The van der Waals surface area contributed by atoms with Crippen molar-refractivity contribution in [2.45, 2.75) is 19.8 Å². The van der Waals surface area contributed by atoms with E-state index in [4.69, 9.17) is 4.74 Å². The van der Waals surface area contributed by atoms with Gasteiger partial charge in [-0.05, 0) is 43.4 Å². The lowest BCUT2D eigenvalue weighted by atomic mass is 9.92. The quantitative estimate of drug-likeness (QED) is 0.323. The van der Waals surface area contributed by atoms with Crippen molar-refractivity contribution in [1.82, 2.24) is 15.0 Å². The van der Waals surface area contributed by atoms with Crippen molar-refractivity contribution in [3.63, 3.8) is 0 Å². The summed E-state index contributed by atoms with van der Waals surface area (Å²) in [5.41, 5.74) is 3.24. The first-order chi connectivity index (χ1) is 15.3. The molecule has 0 saturated heterocycles. The van der Waals surface area contributed by atoms with E-state index in [1.54, 1.807) is 0 Å². The molecule has 6 aromatic rings. The molecular formula is C27H21N3O. The second-order valence-corrected chi connectivity index (χ2v) is 7.97. The van der Waals surface area contributed by atoms with Crippen LogP contribution in [0.2, 0.25) is 0 Å². The Balaban J connectivity index is 1.22. The van der Waals surface area contributed by atoms with Crippen LogP contribution in [0.4, 0.5) is 0 Å². The molecule has 0 spiro atoms. The van der Waals surface area contributed by atoms with Gasteiger partial charge in [-0.25, -0.2) is 4.68 Å². The molecule has 1 heterocycles. The molecule has 0 saturated carbocycles. The molecule has 0 aliphatic carbocycles. The Morgan fingerprint density at radius 1 is 0.677 bits per heavy atom. The van der Waals surface area contributed by atoms with Crippen molar-refractivity contribution in [2.24, 2.45) is 0 Å². The zero-order valence-corrected chi connectivity index (χ0v) is 17.0. The third kappa shape index (κ3) is 3.31. The minimum atomic E-state index is 0.441. The van der Waals surface area contributed by atoms with Gasteiger partial charge in [0.25, 0.3) is 0 Å². The van der Waals surface area contributed by atoms with E-state index in [-0.39, 0.29) is 0 Å². The summed E-state index contributed by atoms with van der Waals surface area (Å²) in [6, 6.07) is 30.0. The lowest BCUT2D eigenvalue weighted by molar-refractivity contribution is 0.105. The van der Waals surface area contributed by atoms with Crippen molar-refractivity contribution < 1.29 is 4.74 Å². The van der Waals surface area contributed by atoms with Gasteiger partial charge in [0, 0.05) is 0 Å². The molecule has 0 aliphatic rings. The predicted octanol–water partition coefficient (Wildman–Crippen LogP) is 5.94. The van der Waals surface area contributed by atoms with Gasteiger partial charge in [0.1, 0.15) is 5.69 Å². The molecule has 4 heteroatoms. The summed E-state index contributed by atoms with van der Waals surface area (Å²) in [6.45, 7) is 1.69. The van der Waals surface area contributed by atoms with Crippen molar-refractivity contribution in [3.8, 4) is 0 Å². The summed E-state index contributed by atoms with van der Waals surface area (Å²) in [6.07, 6.45) is 1.96. The maximum atomic E-state index is 6.04. The third-order valence-corrected chi connectivity index (χ3v) is 5.90. The van der Waals surface area contributed by atoms with Gasteiger partial charge in [-0.1, -0.05) is 90.1 Å². The van der Waals surface area contributed by atoms with Gasteiger partial charge in [0.05, 0.1) is 26.0 Å². The number of benzene rings is 5. The van der Waals surface area contributed by atoms with Crippen LogP contribution in [0.15, 0.2) is 91.1 Å². The second-order valence-electron chi connectivity index (χ2n) is 7.97.